The highest BCUT2D eigenvalue weighted by molar-refractivity contribution is 6.30. The summed E-state index contributed by atoms with van der Waals surface area (Å²) in [6.45, 7) is 7.06. The van der Waals surface area contributed by atoms with Crippen LogP contribution in [0.5, 0.6) is 11.6 Å². The summed E-state index contributed by atoms with van der Waals surface area (Å²) in [6.07, 6.45) is 5.81. The van der Waals surface area contributed by atoms with E-state index in [1.807, 2.05) is 20.0 Å². The second-order valence-electron chi connectivity index (χ2n) is 5.23. The van der Waals surface area contributed by atoms with Gasteiger partial charge < -0.3 is 14.4 Å². The van der Waals surface area contributed by atoms with E-state index in [1.54, 1.807) is 23.3 Å². The van der Waals surface area contributed by atoms with Gasteiger partial charge in [-0.3, -0.25) is 0 Å². The Morgan fingerprint density at radius 2 is 2.17 bits per heavy atom. The summed E-state index contributed by atoms with van der Waals surface area (Å²) < 4.78 is 35.4. The number of rotatable bonds is 6. The van der Waals surface area contributed by atoms with Gasteiger partial charge in [0.05, 0.1) is 11.2 Å². The van der Waals surface area contributed by atoms with Gasteiger partial charge in [-0.05, 0) is 26.0 Å². The van der Waals surface area contributed by atoms with E-state index in [9.17, 15) is 8.78 Å². The minimum absolute atomic E-state index is 0.0512. The molecule has 0 bridgehead atoms. The quantitative estimate of drug-likeness (QED) is 0.727. The van der Waals surface area contributed by atoms with E-state index in [1.165, 1.54) is 12.3 Å². The molecular formula is C17H17ClF2N2O2. The van der Waals surface area contributed by atoms with E-state index in [0.717, 1.165) is 11.3 Å². The Bertz CT molecular complexity index is 711. The first kappa shape index (κ1) is 18.0. The fourth-order valence-corrected chi connectivity index (χ4v) is 1.99. The van der Waals surface area contributed by atoms with Crippen molar-refractivity contribution in [2.24, 2.45) is 0 Å². The molecule has 0 fully saturated rings. The van der Waals surface area contributed by atoms with Crippen LogP contribution in [0.15, 0.2) is 60.4 Å². The van der Waals surface area contributed by atoms with Crippen LogP contribution >= 0.6 is 11.6 Å². The number of aromatic nitrogens is 1. The molecule has 0 amide bonds. The maximum atomic E-state index is 12.4. The molecule has 128 valence electrons. The van der Waals surface area contributed by atoms with Crippen LogP contribution < -0.4 is 9.47 Å². The van der Waals surface area contributed by atoms with E-state index < -0.39 is 13.0 Å². The first-order chi connectivity index (χ1) is 11.3. The summed E-state index contributed by atoms with van der Waals surface area (Å²) in [5.41, 5.74) is 1.84. The van der Waals surface area contributed by atoms with Gasteiger partial charge in [-0.25, -0.2) is 13.8 Å². The van der Waals surface area contributed by atoms with Crippen molar-refractivity contribution in [1.29, 1.82) is 0 Å². The molecule has 0 spiro atoms. The summed E-state index contributed by atoms with van der Waals surface area (Å²) >= 11 is 5.83. The van der Waals surface area contributed by atoms with Crippen LogP contribution in [0.1, 0.15) is 13.8 Å². The lowest BCUT2D eigenvalue weighted by molar-refractivity contribution is 0.0802. The van der Waals surface area contributed by atoms with E-state index in [-0.39, 0.29) is 16.7 Å². The number of alkyl halides is 2. The molecule has 0 saturated carbocycles. The zero-order valence-electron chi connectivity index (χ0n) is 13.3. The Balaban J connectivity index is 2.22. The van der Waals surface area contributed by atoms with Crippen molar-refractivity contribution in [3.63, 3.8) is 0 Å². The summed E-state index contributed by atoms with van der Waals surface area (Å²) in [5.74, 6) is 0.562. The maximum Gasteiger partial charge on any atom is 0.272 e. The third-order valence-corrected chi connectivity index (χ3v) is 3.01. The minimum Gasteiger partial charge on any atom is -0.482 e. The molecule has 2 heterocycles. The fraction of sp³-hybridized carbons (Fsp3) is 0.235. The summed E-state index contributed by atoms with van der Waals surface area (Å²) in [6, 6.07) is 1.38. The largest absolute Gasteiger partial charge is 0.482 e. The van der Waals surface area contributed by atoms with E-state index in [0.29, 0.717) is 5.76 Å². The molecule has 0 atom stereocenters. The molecule has 24 heavy (non-hydrogen) atoms. The highest BCUT2D eigenvalue weighted by Crippen LogP contribution is 2.30. The van der Waals surface area contributed by atoms with Crippen molar-refractivity contribution in [3.05, 3.63) is 65.4 Å². The van der Waals surface area contributed by atoms with Gasteiger partial charge in [-0.2, -0.15) is 0 Å². The number of allylic oxidation sites excluding steroid dienone is 3. The van der Waals surface area contributed by atoms with E-state index >= 15 is 0 Å². The molecular weight excluding hydrogens is 338 g/mol. The van der Waals surface area contributed by atoms with Gasteiger partial charge in [0, 0.05) is 24.2 Å². The number of nitrogens with zero attached hydrogens (tertiary/aromatic N) is 2. The number of hydrogen-bond acceptors (Lipinski definition) is 4. The van der Waals surface area contributed by atoms with Crippen molar-refractivity contribution in [1.82, 2.24) is 9.88 Å². The zero-order valence-corrected chi connectivity index (χ0v) is 14.1. The van der Waals surface area contributed by atoms with Crippen LogP contribution in [0.3, 0.4) is 0 Å². The third kappa shape index (κ3) is 5.09. The standard InChI is InChI=1S/C17H17ClF2N2O2/c1-11(2)8-22-9-14(5-4-12(22)3)24-17-15(23-10-16(19)20)6-13(18)7-21-17/h4-9,16H,3,10H2,1-2H3. The molecule has 1 aromatic rings. The fourth-order valence-electron chi connectivity index (χ4n) is 1.84. The van der Waals surface area contributed by atoms with Gasteiger partial charge in [-0.1, -0.05) is 23.8 Å². The van der Waals surface area contributed by atoms with Crippen LogP contribution in [0, 0.1) is 0 Å². The highest BCUT2D eigenvalue weighted by Gasteiger charge is 2.15. The van der Waals surface area contributed by atoms with Gasteiger partial charge in [-0.15, -0.1) is 0 Å². The molecule has 0 unspecified atom stereocenters. The van der Waals surface area contributed by atoms with Gasteiger partial charge in [0.15, 0.2) is 5.75 Å². The molecule has 1 aliphatic rings. The van der Waals surface area contributed by atoms with Crippen molar-refractivity contribution >= 4 is 11.6 Å². The first-order valence-corrected chi connectivity index (χ1v) is 7.49. The van der Waals surface area contributed by atoms with Crippen LogP contribution in [0.25, 0.3) is 0 Å². The van der Waals surface area contributed by atoms with Crippen molar-refractivity contribution in [2.75, 3.05) is 6.61 Å². The average molecular weight is 355 g/mol. The molecule has 0 radical (unpaired) electrons. The topological polar surface area (TPSA) is 34.6 Å². The van der Waals surface area contributed by atoms with Gasteiger partial charge in [0.1, 0.15) is 12.4 Å². The smallest absolute Gasteiger partial charge is 0.272 e. The lowest BCUT2D eigenvalue weighted by atomic mass is 10.2. The van der Waals surface area contributed by atoms with Crippen LogP contribution in [-0.4, -0.2) is 22.9 Å². The number of halogens is 3. The Hall–Kier alpha value is -2.34. The second-order valence-corrected chi connectivity index (χ2v) is 5.67. The Morgan fingerprint density at radius 1 is 1.42 bits per heavy atom. The molecule has 0 saturated heterocycles. The molecule has 1 aromatic heterocycles. The molecule has 0 aliphatic carbocycles. The number of ether oxygens (including phenoxy) is 2. The minimum atomic E-state index is -2.61. The highest BCUT2D eigenvalue weighted by atomic mass is 35.5. The normalized spacial score (nSPS) is 13.8. The monoisotopic (exact) mass is 354 g/mol. The summed E-state index contributed by atoms with van der Waals surface area (Å²) in [7, 11) is 0. The Labute approximate surface area is 144 Å². The van der Waals surface area contributed by atoms with Crippen molar-refractivity contribution in [2.45, 2.75) is 20.3 Å². The zero-order chi connectivity index (χ0) is 17.7. The molecule has 1 aliphatic heterocycles. The Morgan fingerprint density at radius 3 is 2.83 bits per heavy atom. The summed E-state index contributed by atoms with van der Waals surface area (Å²) in [5, 5.41) is 0.263. The van der Waals surface area contributed by atoms with E-state index in [4.69, 9.17) is 21.1 Å². The van der Waals surface area contributed by atoms with Crippen LogP contribution in [-0.2, 0) is 0 Å². The van der Waals surface area contributed by atoms with Gasteiger partial charge >= 0.3 is 0 Å². The summed E-state index contributed by atoms with van der Waals surface area (Å²) in [4.78, 5) is 5.79. The Kier molecular flexibility index (Phi) is 5.98. The number of pyridine rings is 1. The third-order valence-electron chi connectivity index (χ3n) is 2.80. The van der Waals surface area contributed by atoms with Gasteiger partial charge in [0.25, 0.3) is 12.3 Å². The lowest BCUT2D eigenvalue weighted by Gasteiger charge is -2.22. The van der Waals surface area contributed by atoms with Crippen molar-refractivity contribution in [3.8, 4) is 11.6 Å². The molecule has 7 heteroatoms. The predicted molar refractivity (Wildman–Crippen MR) is 89.0 cm³/mol. The van der Waals surface area contributed by atoms with Crippen molar-refractivity contribution < 1.29 is 18.3 Å². The molecule has 0 aromatic carbocycles. The predicted octanol–water partition coefficient (Wildman–Crippen LogP) is 4.91. The van der Waals surface area contributed by atoms with E-state index in [2.05, 4.69) is 11.6 Å². The van der Waals surface area contributed by atoms with Crippen LogP contribution in [0.4, 0.5) is 8.78 Å². The molecule has 0 N–H and O–H groups in total. The average Bonchev–Trinajstić information content (AvgIpc) is 2.50. The molecule has 2 rings (SSSR count). The maximum absolute atomic E-state index is 12.4. The second kappa shape index (κ2) is 7.97. The SMILES string of the molecule is C=C1C=CC(Oc2ncc(Cl)cc2OCC(F)F)=CN1C=C(C)C. The van der Waals surface area contributed by atoms with Gasteiger partial charge in [0.2, 0.25) is 0 Å². The molecule has 4 nitrogen and oxygen atoms in total. The first-order valence-electron chi connectivity index (χ1n) is 7.11. The van der Waals surface area contributed by atoms with Crippen LogP contribution in [0.2, 0.25) is 5.02 Å². The number of hydrogen-bond donors (Lipinski definition) is 0. The lowest BCUT2D eigenvalue weighted by Crippen LogP contribution is -2.14.